The van der Waals surface area contributed by atoms with Crippen LogP contribution in [0.3, 0.4) is 0 Å². The summed E-state index contributed by atoms with van der Waals surface area (Å²) >= 11 is 11.5. The summed E-state index contributed by atoms with van der Waals surface area (Å²) in [5.41, 5.74) is -0.551. The molecule has 0 saturated heterocycles. The minimum absolute atomic E-state index is 0.00136. The second kappa shape index (κ2) is 7.41. The summed E-state index contributed by atoms with van der Waals surface area (Å²) in [6.45, 7) is -3.02. The van der Waals surface area contributed by atoms with Gasteiger partial charge in [-0.25, -0.2) is 0 Å². The summed E-state index contributed by atoms with van der Waals surface area (Å²) in [5, 5.41) is 22.6. The van der Waals surface area contributed by atoms with Crippen molar-refractivity contribution in [1.29, 1.82) is 0 Å². The van der Waals surface area contributed by atoms with Crippen molar-refractivity contribution in [2.45, 2.75) is 6.61 Å². The Morgan fingerprint density at radius 1 is 1.25 bits per heavy atom. The molecule has 0 spiro atoms. The number of alkyl halides is 2. The third kappa shape index (κ3) is 4.30. The molecule has 2 rings (SSSR count). The van der Waals surface area contributed by atoms with E-state index in [1.54, 1.807) is 0 Å². The fraction of sp³-hybridized carbons (Fsp3) is 0.0714. The molecule has 24 heavy (non-hydrogen) atoms. The Hall–Kier alpha value is -2.45. The van der Waals surface area contributed by atoms with Gasteiger partial charge in [-0.05, 0) is 35.6 Å². The van der Waals surface area contributed by atoms with Gasteiger partial charge in [-0.1, -0.05) is 23.2 Å². The molecule has 0 aliphatic heterocycles. The molecule has 0 N–H and O–H groups in total. The maximum atomic E-state index is 12.1. The Balaban J connectivity index is 2.31. The number of hydrogen-bond acceptors (Lipinski definition) is 5. The molecule has 0 aromatic heterocycles. The number of rotatable bonds is 5. The van der Waals surface area contributed by atoms with Crippen LogP contribution in [0.5, 0.6) is 11.5 Å². The van der Waals surface area contributed by atoms with Crippen LogP contribution in [0.2, 0.25) is 10.0 Å². The highest BCUT2D eigenvalue weighted by Crippen LogP contribution is 2.32. The molecule has 0 amide bonds. The van der Waals surface area contributed by atoms with Gasteiger partial charge >= 0.3 is 6.61 Å². The molecular weight excluding hydrogens is 369 g/mol. The van der Waals surface area contributed by atoms with E-state index in [1.807, 2.05) is 0 Å². The Kier molecular flexibility index (Phi) is 5.53. The van der Waals surface area contributed by atoms with Gasteiger partial charge in [0.05, 0.1) is 15.6 Å². The van der Waals surface area contributed by atoms with E-state index in [-0.39, 0.29) is 27.0 Å². The van der Waals surface area contributed by atoms with Crippen LogP contribution in [-0.2, 0) is 0 Å². The molecular formula is C14H7Cl2F2N2O4-. The molecule has 0 heterocycles. The normalized spacial score (nSPS) is 11.2. The van der Waals surface area contributed by atoms with Crippen molar-refractivity contribution < 1.29 is 23.5 Å². The van der Waals surface area contributed by atoms with Gasteiger partial charge in [0.2, 0.25) is 0 Å². The summed E-state index contributed by atoms with van der Waals surface area (Å²) in [6.07, 6.45) is 1.07. The zero-order valence-corrected chi connectivity index (χ0v) is 13.1. The average Bonchev–Trinajstić information content (AvgIpc) is 2.49. The van der Waals surface area contributed by atoms with E-state index in [1.165, 1.54) is 24.3 Å². The van der Waals surface area contributed by atoms with Crippen LogP contribution in [0.25, 0.3) is 0 Å². The Morgan fingerprint density at radius 3 is 2.54 bits per heavy atom. The molecule has 2 aromatic carbocycles. The van der Waals surface area contributed by atoms with Crippen LogP contribution < -0.4 is 9.84 Å². The third-order valence-corrected chi connectivity index (χ3v) is 3.26. The van der Waals surface area contributed by atoms with Crippen molar-refractivity contribution >= 4 is 40.8 Å². The van der Waals surface area contributed by atoms with Gasteiger partial charge in [0.15, 0.2) is 0 Å². The maximum Gasteiger partial charge on any atom is 0.387 e. The van der Waals surface area contributed by atoms with Gasteiger partial charge in [-0.3, -0.25) is 15.1 Å². The maximum absolute atomic E-state index is 12.1. The lowest BCUT2D eigenvalue weighted by Crippen LogP contribution is -2.02. The van der Waals surface area contributed by atoms with Gasteiger partial charge in [0, 0.05) is 17.3 Å². The quantitative estimate of drug-likeness (QED) is 0.442. The molecule has 2 aromatic rings. The van der Waals surface area contributed by atoms with E-state index in [2.05, 4.69) is 9.73 Å². The van der Waals surface area contributed by atoms with Crippen molar-refractivity contribution in [1.82, 2.24) is 0 Å². The number of benzene rings is 2. The zero-order valence-electron chi connectivity index (χ0n) is 11.6. The lowest BCUT2D eigenvalue weighted by Gasteiger charge is -2.11. The molecule has 0 atom stereocenters. The predicted octanol–water partition coefficient (Wildman–Crippen LogP) is 4.33. The SMILES string of the molecule is O=[N+]([O-])c1cc(Cl)cc(C=Nc2ccc(OC(F)F)c(Cl)c2)c1[O-]. The molecule has 10 heteroatoms. The smallest absolute Gasteiger partial charge is 0.387 e. The summed E-state index contributed by atoms with van der Waals surface area (Å²) in [6, 6.07) is 5.90. The van der Waals surface area contributed by atoms with E-state index < -0.39 is 23.0 Å². The van der Waals surface area contributed by atoms with Crippen LogP contribution in [0.4, 0.5) is 20.2 Å². The fourth-order valence-electron chi connectivity index (χ4n) is 1.74. The molecule has 0 fully saturated rings. The number of nitro groups is 1. The highest BCUT2D eigenvalue weighted by molar-refractivity contribution is 6.32. The second-order valence-corrected chi connectivity index (χ2v) is 5.20. The molecule has 0 unspecified atom stereocenters. The minimum Gasteiger partial charge on any atom is -0.867 e. The first-order valence-electron chi connectivity index (χ1n) is 6.21. The topological polar surface area (TPSA) is 87.8 Å². The lowest BCUT2D eigenvalue weighted by molar-refractivity contribution is -0.398. The highest BCUT2D eigenvalue weighted by atomic mass is 35.5. The first-order chi connectivity index (χ1) is 11.3. The molecule has 0 aliphatic carbocycles. The van der Waals surface area contributed by atoms with E-state index in [9.17, 15) is 24.0 Å². The lowest BCUT2D eigenvalue weighted by atomic mass is 10.2. The highest BCUT2D eigenvalue weighted by Gasteiger charge is 2.12. The number of ether oxygens (including phenoxy) is 1. The number of aliphatic imine (C=N–C) groups is 1. The summed E-state index contributed by atoms with van der Waals surface area (Å²) < 4.78 is 28.5. The third-order valence-electron chi connectivity index (χ3n) is 2.74. The average molecular weight is 376 g/mol. The first kappa shape index (κ1) is 17.9. The molecule has 0 bridgehead atoms. The number of hydrogen-bond donors (Lipinski definition) is 0. The molecule has 6 nitrogen and oxygen atoms in total. The largest absolute Gasteiger partial charge is 0.867 e. The predicted molar refractivity (Wildman–Crippen MR) is 82.9 cm³/mol. The Labute approximate surface area is 144 Å². The van der Waals surface area contributed by atoms with Crippen molar-refractivity contribution in [2.75, 3.05) is 0 Å². The standard InChI is InChI=1S/C14H8Cl2F2N2O4/c15-8-3-7(13(21)11(4-8)20(22)23)6-19-9-1-2-12(10(16)5-9)24-14(17)18/h1-6,14,21H/p-1. The van der Waals surface area contributed by atoms with Crippen LogP contribution in [0.15, 0.2) is 35.3 Å². The van der Waals surface area contributed by atoms with Crippen LogP contribution in [0, 0.1) is 10.1 Å². The number of nitro benzene ring substituents is 1. The Bertz CT molecular complexity index is 816. The monoisotopic (exact) mass is 375 g/mol. The molecule has 0 radical (unpaired) electrons. The van der Waals surface area contributed by atoms with Gasteiger partial charge in [-0.2, -0.15) is 8.78 Å². The molecule has 0 aliphatic rings. The van der Waals surface area contributed by atoms with Gasteiger partial charge in [0.25, 0.3) is 5.69 Å². The van der Waals surface area contributed by atoms with Crippen molar-refractivity contribution in [3.8, 4) is 11.5 Å². The van der Waals surface area contributed by atoms with Gasteiger partial charge in [-0.15, -0.1) is 0 Å². The zero-order chi connectivity index (χ0) is 17.9. The van der Waals surface area contributed by atoms with Crippen molar-refractivity contribution in [3.63, 3.8) is 0 Å². The van der Waals surface area contributed by atoms with Crippen LogP contribution in [0.1, 0.15) is 5.56 Å². The van der Waals surface area contributed by atoms with E-state index in [0.717, 1.165) is 12.3 Å². The first-order valence-corrected chi connectivity index (χ1v) is 6.97. The fourth-order valence-corrected chi connectivity index (χ4v) is 2.18. The number of halogens is 4. The molecule has 0 saturated carbocycles. The Morgan fingerprint density at radius 2 is 1.96 bits per heavy atom. The van der Waals surface area contributed by atoms with E-state index in [0.29, 0.717) is 0 Å². The second-order valence-electron chi connectivity index (χ2n) is 4.35. The minimum atomic E-state index is -3.02. The summed E-state index contributed by atoms with van der Waals surface area (Å²) in [7, 11) is 0. The number of nitrogens with zero attached hydrogens (tertiary/aromatic N) is 2. The van der Waals surface area contributed by atoms with Crippen LogP contribution >= 0.6 is 23.2 Å². The van der Waals surface area contributed by atoms with Crippen molar-refractivity contribution in [2.24, 2.45) is 4.99 Å². The van der Waals surface area contributed by atoms with E-state index in [4.69, 9.17) is 23.2 Å². The van der Waals surface area contributed by atoms with Crippen LogP contribution in [-0.4, -0.2) is 17.7 Å². The van der Waals surface area contributed by atoms with Gasteiger partial charge < -0.3 is 9.84 Å². The summed E-state index contributed by atoms with van der Waals surface area (Å²) in [4.78, 5) is 13.9. The van der Waals surface area contributed by atoms with Gasteiger partial charge in [0.1, 0.15) is 5.75 Å². The summed E-state index contributed by atoms with van der Waals surface area (Å²) in [5.74, 6) is -1.08. The van der Waals surface area contributed by atoms with E-state index >= 15 is 0 Å². The molecule has 126 valence electrons. The van der Waals surface area contributed by atoms with Crippen molar-refractivity contribution in [3.05, 3.63) is 56.1 Å².